The lowest BCUT2D eigenvalue weighted by atomic mass is 10.0. The zero-order valence-electron chi connectivity index (χ0n) is 17.0. The number of carbonyl (C=O) groups excluding carboxylic acids is 2. The average molecular weight is 431 g/mol. The molecule has 30 heavy (non-hydrogen) atoms. The Labute approximate surface area is 176 Å². The SMILES string of the molecule is CC(C)NS(=O)(=O)c1ccc(C(=O)N2CCC(NC(=O)c3cccnc3)CC2)cc1. The molecule has 1 aliphatic heterocycles. The number of benzene rings is 1. The third kappa shape index (κ3) is 5.43. The number of nitrogens with zero attached hydrogens (tertiary/aromatic N) is 2. The Morgan fingerprint density at radius 3 is 2.30 bits per heavy atom. The van der Waals surface area contributed by atoms with Gasteiger partial charge < -0.3 is 10.2 Å². The molecule has 2 N–H and O–H groups in total. The molecule has 0 radical (unpaired) electrons. The molecular weight excluding hydrogens is 404 g/mol. The summed E-state index contributed by atoms with van der Waals surface area (Å²) in [6.07, 6.45) is 4.45. The van der Waals surface area contributed by atoms with Crippen molar-refractivity contribution >= 4 is 21.8 Å². The summed E-state index contributed by atoms with van der Waals surface area (Å²) in [7, 11) is -3.59. The largest absolute Gasteiger partial charge is 0.349 e. The van der Waals surface area contributed by atoms with Crippen molar-refractivity contribution in [1.82, 2.24) is 19.9 Å². The van der Waals surface area contributed by atoms with Crippen LogP contribution in [0.4, 0.5) is 0 Å². The minimum Gasteiger partial charge on any atom is -0.349 e. The highest BCUT2D eigenvalue weighted by molar-refractivity contribution is 7.89. The van der Waals surface area contributed by atoms with Crippen molar-refractivity contribution in [2.75, 3.05) is 13.1 Å². The first-order valence-corrected chi connectivity index (χ1v) is 11.4. The van der Waals surface area contributed by atoms with Crippen LogP contribution in [0, 0.1) is 0 Å². The van der Waals surface area contributed by atoms with Crippen molar-refractivity contribution in [3.8, 4) is 0 Å². The van der Waals surface area contributed by atoms with Gasteiger partial charge in [0.2, 0.25) is 10.0 Å². The Morgan fingerprint density at radius 1 is 1.07 bits per heavy atom. The maximum absolute atomic E-state index is 12.8. The number of nitrogens with one attached hydrogen (secondary N) is 2. The van der Waals surface area contributed by atoms with E-state index in [9.17, 15) is 18.0 Å². The zero-order chi connectivity index (χ0) is 21.7. The smallest absolute Gasteiger partial charge is 0.253 e. The molecule has 1 aromatic heterocycles. The van der Waals surface area contributed by atoms with E-state index < -0.39 is 10.0 Å². The van der Waals surface area contributed by atoms with Gasteiger partial charge in [-0.15, -0.1) is 0 Å². The Balaban J connectivity index is 1.55. The number of hydrogen-bond acceptors (Lipinski definition) is 5. The van der Waals surface area contributed by atoms with E-state index >= 15 is 0 Å². The lowest BCUT2D eigenvalue weighted by Gasteiger charge is -2.32. The molecule has 1 aromatic carbocycles. The minimum atomic E-state index is -3.59. The van der Waals surface area contributed by atoms with E-state index in [0.717, 1.165) is 0 Å². The number of likely N-dealkylation sites (tertiary alicyclic amines) is 1. The molecule has 0 saturated carbocycles. The Kier molecular flexibility index (Phi) is 6.84. The number of amides is 2. The van der Waals surface area contributed by atoms with Crippen molar-refractivity contribution in [1.29, 1.82) is 0 Å². The van der Waals surface area contributed by atoms with Crippen molar-refractivity contribution in [3.63, 3.8) is 0 Å². The van der Waals surface area contributed by atoms with E-state index in [1.807, 2.05) is 0 Å². The molecule has 2 heterocycles. The Morgan fingerprint density at radius 2 is 1.73 bits per heavy atom. The molecule has 0 bridgehead atoms. The summed E-state index contributed by atoms with van der Waals surface area (Å²) in [5.74, 6) is -0.313. The van der Waals surface area contributed by atoms with E-state index in [-0.39, 0.29) is 28.8 Å². The zero-order valence-corrected chi connectivity index (χ0v) is 17.9. The third-order valence-electron chi connectivity index (χ3n) is 4.84. The van der Waals surface area contributed by atoms with E-state index in [0.29, 0.717) is 37.1 Å². The van der Waals surface area contributed by atoms with E-state index in [4.69, 9.17) is 0 Å². The van der Waals surface area contributed by atoms with Gasteiger partial charge in [-0.2, -0.15) is 0 Å². The summed E-state index contributed by atoms with van der Waals surface area (Å²) >= 11 is 0. The van der Waals surface area contributed by atoms with Gasteiger partial charge in [-0.25, -0.2) is 13.1 Å². The first-order valence-electron chi connectivity index (χ1n) is 9.89. The molecule has 0 aliphatic carbocycles. The quantitative estimate of drug-likeness (QED) is 0.727. The molecule has 1 aliphatic rings. The van der Waals surface area contributed by atoms with E-state index in [1.54, 1.807) is 37.1 Å². The number of pyridine rings is 1. The monoisotopic (exact) mass is 430 g/mol. The molecule has 9 heteroatoms. The third-order valence-corrected chi connectivity index (χ3v) is 6.52. The molecule has 0 spiro atoms. The van der Waals surface area contributed by atoms with Crippen molar-refractivity contribution in [2.24, 2.45) is 0 Å². The average Bonchev–Trinajstić information content (AvgIpc) is 2.73. The van der Waals surface area contributed by atoms with Gasteiger partial charge in [0, 0.05) is 43.1 Å². The van der Waals surface area contributed by atoms with Crippen molar-refractivity contribution < 1.29 is 18.0 Å². The Hall–Kier alpha value is -2.78. The van der Waals surface area contributed by atoms with Crippen LogP contribution in [0.3, 0.4) is 0 Å². The highest BCUT2D eigenvalue weighted by atomic mass is 32.2. The molecule has 2 amide bonds. The molecular formula is C21H26N4O4S. The van der Waals surface area contributed by atoms with Crippen LogP contribution in [0.2, 0.25) is 0 Å². The number of hydrogen-bond donors (Lipinski definition) is 2. The summed E-state index contributed by atoms with van der Waals surface area (Å²) in [5, 5.41) is 2.98. The predicted octanol–water partition coefficient (Wildman–Crippen LogP) is 1.80. The molecule has 0 unspecified atom stereocenters. The summed E-state index contributed by atoms with van der Waals surface area (Å²) in [5.41, 5.74) is 0.953. The van der Waals surface area contributed by atoms with Crippen LogP contribution in [-0.4, -0.2) is 55.3 Å². The van der Waals surface area contributed by atoms with Gasteiger partial charge in [0.25, 0.3) is 11.8 Å². The van der Waals surface area contributed by atoms with Gasteiger partial charge in [0.05, 0.1) is 10.5 Å². The molecule has 3 rings (SSSR count). The van der Waals surface area contributed by atoms with Gasteiger partial charge in [-0.1, -0.05) is 0 Å². The summed E-state index contributed by atoms with van der Waals surface area (Å²) in [6, 6.07) is 9.17. The second-order valence-electron chi connectivity index (χ2n) is 7.58. The predicted molar refractivity (Wildman–Crippen MR) is 113 cm³/mol. The van der Waals surface area contributed by atoms with Gasteiger partial charge in [0.1, 0.15) is 0 Å². The normalized spacial score (nSPS) is 15.2. The van der Waals surface area contributed by atoms with Crippen LogP contribution in [0.1, 0.15) is 47.4 Å². The number of carbonyl (C=O) groups is 2. The molecule has 0 atom stereocenters. The van der Waals surface area contributed by atoms with Crippen molar-refractivity contribution in [2.45, 2.75) is 43.7 Å². The first-order chi connectivity index (χ1) is 14.3. The van der Waals surface area contributed by atoms with Crippen molar-refractivity contribution in [3.05, 3.63) is 59.9 Å². The van der Waals surface area contributed by atoms with Gasteiger partial charge >= 0.3 is 0 Å². The fourth-order valence-corrected chi connectivity index (χ4v) is 4.58. The number of rotatable bonds is 6. The second kappa shape index (κ2) is 9.36. The Bertz CT molecular complexity index is 983. The summed E-state index contributed by atoms with van der Waals surface area (Å²) in [6.45, 7) is 4.54. The maximum Gasteiger partial charge on any atom is 0.253 e. The first kappa shape index (κ1) is 21.9. The lowest BCUT2D eigenvalue weighted by molar-refractivity contribution is 0.0698. The molecule has 1 saturated heterocycles. The molecule has 2 aromatic rings. The molecule has 8 nitrogen and oxygen atoms in total. The number of piperidine rings is 1. The molecule has 160 valence electrons. The standard InChI is InChI=1S/C21H26N4O4S/c1-15(2)24-30(28,29)19-7-5-16(6-8-19)21(27)25-12-9-18(10-13-25)23-20(26)17-4-3-11-22-14-17/h3-8,11,14-15,18,24H,9-10,12-13H2,1-2H3,(H,23,26). The lowest BCUT2D eigenvalue weighted by Crippen LogP contribution is -2.46. The fourth-order valence-electron chi connectivity index (χ4n) is 3.33. The maximum atomic E-state index is 12.8. The topological polar surface area (TPSA) is 108 Å². The van der Waals surface area contributed by atoms with Crippen LogP contribution >= 0.6 is 0 Å². The highest BCUT2D eigenvalue weighted by Gasteiger charge is 2.25. The number of aromatic nitrogens is 1. The van der Waals surface area contributed by atoms with Crippen LogP contribution in [0.25, 0.3) is 0 Å². The van der Waals surface area contributed by atoms with Gasteiger partial charge in [-0.3, -0.25) is 14.6 Å². The summed E-state index contributed by atoms with van der Waals surface area (Å²) in [4.78, 5) is 30.8. The minimum absolute atomic E-state index is 0.00335. The summed E-state index contributed by atoms with van der Waals surface area (Å²) < 4.78 is 26.9. The second-order valence-corrected chi connectivity index (χ2v) is 9.30. The van der Waals surface area contributed by atoms with Crippen LogP contribution in [0.5, 0.6) is 0 Å². The fraction of sp³-hybridized carbons (Fsp3) is 0.381. The number of sulfonamides is 1. The van der Waals surface area contributed by atoms with E-state index in [2.05, 4.69) is 15.0 Å². The highest BCUT2D eigenvalue weighted by Crippen LogP contribution is 2.17. The van der Waals surface area contributed by atoms with Gasteiger partial charge in [-0.05, 0) is 63.1 Å². The van der Waals surface area contributed by atoms with Crippen LogP contribution in [0.15, 0.2) is 53.7 Å². The van der Waals surface area contributed by atoms with Crippen LogP contribution < -0.4 is 10.0 Å². The molecule has 1 fully saturated rings. The van der Waals surface area contributed by atoms with Crippen LogP contribution in [-0.2, 0) is 10.0 Å². The van der Waals surface area contributed by atoms with Gasteiger partial charge in [0.15, 0.2) is 0 Å². The van der Waals surface area contributed by atoms with E-state index in [1.165, 1.54) is 30.5 Å².